The van der Waals surface area contributed by atoms with Crippen LogP contribution in [-0.4, -0.2) is 14.3 Å². The zero-order valence-electron chi connectivity index (χ0n) is 11.0. The molecule has 1 rings (SSSR count). The Labute approximate surface area is 118 Å². The maximum Gasteiger partial charge on any atom is 0.261 e. The van der Waals surface area contributed by atoms with E-state index in [0.717, 1.165) is 18.4 Å². The third kappa shape index (κ3) is 5.20. The molecule has 19 heavy (non-hydrogen) atoms. The van der Waals surface area contributed by atoms with Gasteiger partial charge in [0.05, 0.1) is 10.9 Å². The molecule has 0 spiro atoms. The first-order chi connectivity index (χ1) is 8.84. The molecule has 0 radical (unpaired) electrons. The van der Waals surface area contributed by atoms with E-state index in [1.54, 1.807) is 12.1 Å². The SMILES string of the molecule is CCCCC(=O)NC(C)c1ccc(S(=O)(=O)Cl)cc1. The lowest BCUT2D eigenvalue weighted by Crippen LogP contribution is -2.26. The maximum atomic E-state index is 11.6. The van der Waals surface area contributed by atoms with Gasteiger partial charge in [0, 0.05) is 17.1 Å². The van der Waals surface area contributed by atoms with Crippen molar-refractivity contribution < 1.29 is 13.2 Å². The molecule has 0 aliphatic rings. The highest BCUT2D eigenvalue weighted by Crippen LogP contribution is 2.19. The summed E-state index contributed by atoms with van der Waals surface area (Å²) in [6, 6.07) is 6.02. The number of hydrogen-bond acceptors (Lipinski definition) is 3. The highest BCUT2D eigenvalue weighted by atomic mass is 35.7. The van der Waals surface area contributed by atoms with Crippen LogP contribution in [0.5, 0.6) is 0 Å². The summed E-state index contributed by atoms with van der Waals surface area (Å²) in [7, 11) is 1.54. The highest BCUT2D eigenvalue weighted by molar-refractivity contribution is 8.13. The minimum absolute atomic E-state index is 0.00314. The second kappa shape index (κ2) is 6.91. The number of carbonyl (C=O) groups is 1. The maximum absolute atomic E-state index is 11.6. The van der Waals surface area contributed by atoms with Crippen molar-refractivity contribution in [3.05, 3.63) is 29.8 Å². The number of benzene rings is 1. The summed E-state index contributed by atoms with van der Waals surface area (Å²) in [6.45, 7) is 3.88. The van der Waals surface area contributed by atoms with Gasteiger partial charge in [-0.1, -0.05) is 25.5 Å². The van der Waals surface area contributed by atoms with Gasteiger partial charge in [-0.3, -0.25) is 4.79 Å². The van der Waals surface area contributed by atoms with Crippen LogP contribution in [0.3, 0.4) is 0 Å². The van der Waals surface area contributed by atoms with Crippen LogP contribution in [0.2, 0.25) is 0 Å². The summed E-state index contributed by atoms with van der Waals surface area (Å²) in [6.07, 6.45) is 2.35. The first-order valence-corrected chi connectivity index (χ1v) is 8.49. The predicted octanol–water partition coefficient (Wildman–Crippen LogP) is 2.98. The van der Waals surface area contributed by atoms with Crippen molar-refractivity contribution in [2.45, 2.75) is 44.0 Å². The Hall–Kier alpha value is -1.07. The zero-order chi connectivity index (χ0) is 14.5. The minimum Gasteiger partial charge on any atom is -0.350 e. The first-order valence-electron chi connectivity index (χ1n) is 6.18. The summed E-state index contributed by atoms with van der Waals surface area (Å²) in [5, 5.41) is 2.87. The fraction of sp³-hybridized carbons (Fsp3) is 0.462. The largest absolute Gasteiger partial charge is 0.350 e. The Morgan fingerprint density at radius 2 is 1.89 bits per heavy atom. The summed E-state index contributed by atoms with van der Waals surface area (Å²) < 4.78 is 22.2. The van der Waals surface area contributed by atoms with Gasteiger partial charge in [0.1, 0.15) is 0 Å². The van der Waals surface area contributed by atoms with Gasteiger partial charge in [-0.2, -0.15) is 0 Å². The molecule has 0 heterocycles. The van der Waals surface area contributed by atoms with Gasteiger partial charge in [0.2, 0.25) is 5.91 Å². The molecule has 0 aliphatic carbocycles. The van der Waals surface area contributed by atoms with Crippen LogP contribution in [0.15, 0.2) is 29.2 Å². The molecule has 0 bridgehead atoms. The molecule has 0 saturated carbocycles. The third-order valence-electron chi connectivity index (χ3n) is 2.80. The third-order valence-corrected chi connectivity index (χ3v) is 4.17. The zero-order valence-corrected chi connectivity index (χ0v) is 12.6. The predicted molar refractivity (Wildman–Crippen MR) is 75.6 cm³/mol. The second-order valence-electron chi connectivity index (χ2n) is 4.40. The number of amides is 1. The van der Waals surface area contributed by atoms with Gasteiger partial charge >= 0.3 is 0 Å². The van der Waals surface area contributed by atoms with Crippen LogP contribution < -0.4 is 5.32 Å². The Bertz CT molecular complexity index is 525. The molecule has 106 valence electrons. The smallest absolute Gasteiger partial charge is 0.261 e. The van der Waals surface area contributed by atoms with E-state index in [4.69, 9.17) is 10.7 Å². The Morgan fingerprint density at radius 3 is 2.37 bits per heavy atom. The standard InChI is InChI=1S/C13H18ClNO3S/c1-3-4-5-13(16)15-10(2)11-6-8-12(9-7-11)19(14,17)18/h6-10H,3-5H2,1-2H3,(H,15,16). The molecule has 1 aromatic rings. The van der Waals surface area contributed by atoms with Gasteiger partial charge in [0.25, 0.3) is 9.05 Å². The van der Waals surface area contributed by atoms with Gasteiger partial charge in [-0.25, -0.2) is 8.42 Å². The summed E-state index contributed by atoms with van der Waals surface area (Å²) in [5.74, 6) is 0.00314. The molecule has 0 aromatic heterocycles. The fourth-order valence-corrected chi connectivity index (χ4v) is 2.42. The van der Waals surface area contributed by atoms with E-state index in [1.807, 2.05) is 13.8 Å². The van der Waals surface area contributed by atoms with Crippen LogP contribution in [0.25, 0.3) is 0 Å². The van der Waals surface area contributed by atoms with E-state index in [0.29, 0.717) is 6.42 Å². The minimum atomic E-state index is -3.70. The molecule has 4 nitrogen and oxygen atoms in total. The molecule has 1 N–H and O–H groups in total. The van der Waals surface area contributed by atoms with Crippen LogP contribution in [0, 0.1) is 0 Å². The number of halogens is 1. The number of nitrogens with one attached hydrogen (secondary N) is 1. The molecule has 0 saturated heterocycles. The number of unbranched alkanes of at least 4 members (excludes halogenated alkanes) is 1. The molecule has 1 aromatic carbocycles. The normalized spacial score (nSPS) is 13.0. The van der Waals surface area contributed by atoms with Crippen molar-refractivity contribution >= 4 is 25.6 Å². The van der Waals surface area contributed by atoms with Crippen LogP contribution in [0.4, 0.5) is 0 Å². The van der Waals surface area contributed by atoms with Crippen LogP contribution >= 0.6 is 10.7 Å². The first kappa shape index (κ1) is 16.0. The molecule has 1 unspecified atom stereocenters. The van der Waals surface area contributed by atoms with E-state index >= 15 is 0 Å². The van der Waals surface area contributed by atoms with Crippen molar-refractivity contribution in [3.63, 3.8) is 0 Å². The molecule has 0 aliphatic heterocycles. The van der Waals surface area contributed by atoms with E-state index in [9.17, 15) is 13.2 Å². The topological polar surface area (TPSA) is 63.2 Å². The Balaban J connectivity index is 2.68. The van der Waals surface area contributed by atoms with Crippen molar-refractivity contribution in [3.8, 4) is 0 Å². The van der Waals surface area contributed by atoms with Gasteiger partial charge in [-0.05, 0) is 31.0 Å². The molecule has 1 amide bonds. The fourth-order valence-electron chi connectivity index (χ4n) is 1.65. The van der Waals surface area contributed by atoms with Crippen molar-refractivity contribution in [1.82, 2.24) is 5.32 Å². The quantitative estimate of drug-likeness (QED) is 0.822. The molecule has 0 fully saturated rings. The summed E-state index contributed by atoms with van der Waals surface area (Å²) in [4.78, 5) is 11.6. The van der Waals surface area contributed by atoms with Crippen LogP contribution in [0.1, 0.15) is 44.7 Å². The van der Waals surface area contributed by atoms with Crippen molar-refractivity contribution in [2.24, 2.45) is 0 Å². The number of carbonyl (C=O) groups excluding carboxylic acids is 1. The lowest BCUT2D eigenvalue weighted by Gasteiger charge is -2.14. The van der Waals surface area contributed by atoms with Gasteiger partial charge in [-0.15, -0.1) is 0 Å². The molecular formula is C13H18ClNO3S. The van der Waals surface area contributed by atoms with E-state index < -0.39 is 9.05 Å². The lowest BCUT2D eigenvalue weighted by molar-refractivity contribution is -0.121. The lowest BCUT2D eigenvalue weighted by atomic mass is 10.1. The monoisotopic (exact) mass is 303 g/mol. The molecule has 1 atom stereocenters. The van der Waals surface area contributed by atoms with Crippen molar-refractivity contribution in [2.75, 3.05) is 0 Å². The highest BCUT2D eigenvalue weighted by Gasteiger charge is 2.12. The molecule has 6 heteroatoms. The number of rotatable bonds is 6. The van der Waals surface area contributed by atoms with Crippen molar-refractivity contribution in [1.29, 1.82) is 0 Å². The van der Waals surface area contributed by atoms with E-state index in [1.165, 1.54) is 12.1 Å². The van der Waals surface area contributed by atoms with Gasteiger partial charge in [0.15, 0.2) is 0 Å². The number of hydrogen-bond donors (Lipinski definition) is 1. The summed E-state index contributed by atoms with van der Waals surface area (Å²) >= 11 is 0. The Kier molecular flexibility index (Phi) is 5.82. The van der Waals surface area contributed by atoms with Crippen LogP contribution in [-0.2, 0) is 13.8 Å². The van der Waals surface area contributed by atoms with E-state index in [-0.39, 0.29) is 16.8 Å². The Morgan fingerprint density at radius 1 is 1.32 bits per heavy atom. The van der Waals surface area contributed by atoms with Gasteiger partial charge < -0.3 is 5.32 Å². The summed E-state index contributed by atoms with van der Waals surface area (Å²) in [5.41, 5.74) is 0.842. The second-order valence-corrected chi connectivity index (χ2v) is 6.97. The molecular weight excluding hydrogens is 286 g/mol. The van der Waals surface area contributed by atoms with E-state index in [2.05, 4.69) is 5.32 Å². The average molecular weight is 304 g/mol. The average Bonchev–Trinajstić information content (AvgIpc) is 2.35.